The van der Waals surface area contributed by atoms with Crippen molar-refractivity contribution in [1.29, 1.82) is 0 Å². The second kappa shape index (κ2) is 5.43. The first-order chi connectivity index (χ1) is 8.94. The Morgan fingerprint density at radius 1 is 1.47 bits per heavy atom. The van der Waals surface area contributed by atoms with Gasteiger partial charge in [0.25, 0.3) is 0 Å². The van der Waals surface area contributed by atoms with Gasteiger partial charge < -0.3 is 9.84 Å². The van der Waals surface area contributed by atoms with Gasteiger partial charge in [-0.25, -0.2) is 0 Å². The number of carbonyl (C=O) groups is 2. The highest BCUT2D eigenvalue weighted by Crippen LogP contribution is 2.40. The van der Waals surface area contributed by atoms with Gasteiger partial charge in [-0.05, 0) is 36.1 Å². The van der Waals surface area contributed by atoms with Crippen LogP contribution in [-0.4, -0.2) is 24.0 Å². The lowest BCUT2D eigenvalue weighted by atomic mass is 9.89. The van der Waals surface area contributed by atoms with Crippen molar-refractivity contribution >= 4 is 27.7 Å². The molecule has 2 rings (SSSR count). The summed E-state index contributed by atoms with van der Waals surface area (Å²) in [5.74, 6) is -0.872. The van der Waals surface area contributed by atoms with Gasteiger partial charge in [0.05, 0.1) is 12.7 Å². The zero-order valence-electron chi connectivity index (χ0n) is 10.6. The van der Waals surface area contributed by atoms with Crippen LogP contribution in [-0.2, 0) is 26.3 Å². The second-order valence-corrected chi connectivity index (χ2v) is 5.72. The molecule has 0 bridgehead atoms. The zero-order chi connectivity index (χ0) is 14.0. The highest BCUT2D eigenvalue weighted by atomic mass is 79.9. The molecule has 0 saturated heterocycles. The normalized spacial score (nSPS) is 21.0. The highest BCUT2D eigenvalue weighted by molar-refractivity contribution is 9.10. The van der Waals surface area contributed by atoms with E-state index >= 15 is 0 Å². The van der Waals surface area contributed by atoms with E-state index in [0.29, 0.717) is 6.42 Å². The van der Waals surface area contributed by atoms with Crippen molar-refractivity contribution in [2.45, 2.75) is 31.3 Å². The van der Waals surface area contributed by atoms with E-state index in [1.54, 1.807) is 0 Å². The van der Waals surface area contributed by atoms with Gasteiger partial charge in [0, 0.05) is 10.9 Å². The third-order valence-electron chi connectivity index (χ3n) is 3.44. The van der Waals surface area contributed by atoms with E-state index in [2.05, 4.69) is 20.7 Å². The summed E-state index contributed by atoms with van der Waals surface area (Å²) >= 11 is 3.36. The summed E-state index contributed by atoms with van der Waals surface area (Å²) in [6, 6.07) is 5.71. The number of ether oxygens (including phenoxy) is 1. The molecule has 1 N–H and O–H groups in total. The highest BCUT2D eigenvalue weighted by Gasteiger charge is 2.38. The van der Waals surface area contributed by atoms with E-state index in [1.807, 2.05) is 18.2 Å². The molecule has 5 heteroatoms. The quantitative estimate of drug-likeness (QED) is 0.680. The van der Waals surface area contributed by atoms with Gasteiger partial charge in [-0.1, -0.05) is 22.0 Å². The van der Waals surface area contributed by atoms with Crippen LogP contribution in [0, 0.1) is 0 Å². The molecule has 1 aromatic carbocycles. The first-order valence-electron chi connectivity index (χ1n) is 6.04. The van der Waals surface area contributed by atoms with Gasteiger partial charge in [0.2, 0.25) is 0 Å². The lowest BCUT2D eigenvalue weighted by Gasteiger charge is -2.23. The number of benzene rings is 1. The fourth-order valence-corrected chi connectivity index (χ4v) is 2.84. The van der Waals surface area contributed by atoms with E-state index in [-0.39, 0.29) is 18.6 Å². The average molecular weight is 327 g/mol. The standard InChI is InChI=1S/C14H15BrO4/c1-19-13(17)7-11(16)8-14(18)5-4-9-2-3-10(15)6-12(9)14/h2-3,6,18H,4-5,7-8H2,1H3. The number of carbonyl (C=O) groups excluding carboxylic acids is 2. The molecule has 0 heterocycles. The van der Waals surface area contributed by atoms with Crippen LogP contribution in [0.15, 0.2) is 22.7 Å². The van der Waals surface area contributed by atoms with Crippen LogP contribution in [0.4, 0.5) is 0 Å². The van der Waals surface area contributed by atoms with Crippen molar-refractivity contribution in [3.8, 4) is 0 Å². The molecule has 1 unspecified atom stereocenters. The first-order valence-corrected chi connectivity index (χ1v) is 6.84. The largest absolute Gasteiger partial charge is 0.469 e. The summed E-state index contributed by atoms with van der Waals surface area (Å²) in [5.41, 5.74) is 0.668. The SMILES string of the molecule is COC(=O)CC(=O)CC1(O)CCc2ccc(Br)cc21. The van der Waals surface area contributed by atoms with E-state index in [9.17, 15) is 14.7 Å². The van der Waals surface area contributed by atoms with Crippen molar-refractivity contribution in [2.75, 3.05) is 7.11 Å². The maximum atomic E-state index is 11.8. The molecular formula is C14H15BrO4. The van der Waals surface area contributed by atoms with Crippen molar-refractivity contribution in [1.82, 2.24) is 0 Å². The Balaban J connectivity index is 2.16. The number of ketones is 1. The Labute approximate surface area is 119 Å². The average Bonchev–Trinajstić information content (AvgIpc) is 2.66. The van der Waals surface area contributed by atoms with E-state index in [0.717, 1.165) is 22.0 Å². The van der Waals surface area contributed by atoms with Crippen molar-refractivity contribution in [3.63, 3.8) is 0 Å². The number of esters is 1. The lowest BCUT2D eigenvalue weighted by Crippen LogP contribution is -2.27. The van der Waals surface area contributed by atoms with Crippen molar-refractivity contribution in [3.05, 3.63) is 33.8 Å². The first kappa shape index (κ1) is 14.2. The second-order valence-electron chi connectivity index (χ2n) is 4.80. The van der Waals surface area contributed by atoms with Gasteiger partial charge in [-0.2, -0.15) is 0 Å². The van der Waals surface area contributed by atoms with Crippen LogP contribution in [0.5, 0.6) is 0 Å². The fraction of sp³-hybridized carbons (Fsp3) is 0.429. The molecule has 4 nitrogen and oxygen atoms in total. The number of Topliss-reactive ketones (excluding diaryl/α,β-unsaturated/α-hetero) is 1. The number of aryl methyl sites for hydroxylation is 1. The fourth-order valence-electron chi connectivity index (χ4n) is 2.48. The Morgan fingerprint density at radius 3 is 2.89 bits per heavy atom. The van der Waals surface area contributed by atoms with Gasteiger partial charge in [0.1, 0.15) is 12.2 Å². The Kier molecular flexibility index (Phi) is 4.06. The maximum Gasteiger partial charge on any atom is 0.313 e. The smallest absolute Gasteiger partial charge is 0.313 e. The van der Waals surface area contributed by atoms with Crippen LogP contribution in [0.25, 0.3) is 0 Å². The Bertz CT molecular complexity index is 526. The molecule has 1 atom stereocenters. The van der Waals surface area contributed by atoms with E-state index < -0.39 is 11.6 Å². The summed E-state index contributed by atoms with van der Waals surface area (Å²) < 4.78 is 5.33. The number of aliphatic hydroxyl groups is 1. The summed E-state index contributed by atoms with van der Waals surface area (Å²) in [7, 11) is 1.24. The van der Waals surface area contributed by atoms with Crippen LogP contribution >= 0.6 is 15.9 Å². The summed E-state index contributed by atoms with van der Waals surface area (Å²) in [4.78, 5) is 22.9. The van der Waals surface area contributed by atoms with Crippen LogP contribution < -0.4 is 0 Å². The zero-order valence-corrected chi connectivity index (χ0v) is 12.2. The van der Waals surface area contributed by atoms with Crippen LogP contribution in [0.3, 0.4) is 0 Å². The van der Waals surface area contributed by atoms with Gasteiger partial charge >= 0.3 is 5.97 Å². The number of rotatable bonds is 4. The molecule has 0 aromatic heterocycles. The topological polar surface area (TPSA) is 63.6 Å². The molecule has 0 aliphatic heterocycles. The molecule has 102 valence electrons. The van der Waals surface area contributed by atoms with Gasteiger partial charge in [0.15, 0.2) is 0 Å². The molecular weight excluding hydrogens is 312 g/mol. The molecule has 0 fully saturated rings. The Hall–Kier alpha value is -1.20. The van der Waals surface area contributed by atoms with E-state index in [1.165, 1.54) is 7.11 Å². The summed E-state index contributed by atoms with van der Waals surface area (Å²) in [5, 5.41) is 10.6. The molecule has 1 aromatic rings. The lowest BCUT2D eigenvalue weighted by molar-refractivity contribution is -0.144. The maximum absolute atomic E-state index is 11.8. The molecule has 1 aliphatic rings. The third-order valence-corrected chi connectivity index (χ3v) is 3.93. The summed E-state index contributed by atoms with van der Waals surface area (Å²) in [6.45, 7) is 0. The van der Waals surface area contributed by atoms with Crippen molar-refractivity contribution in [2.24, 2.45) is 0 Å². The third kappa shape index (κ3) is 3.04. The number of hydrogen-bond acceptors (Lipinski definition) is 4. The molecule has 0 radical (unpaired) electrons. The number of halogens is 1. The molecule has 0 amide bonds. The van der Waals surface area contributed by atoms with E-state index in [4.69, 9.17) is 0 Å². The number of fused-ring (bicyclic) bond motifs is 1. The minimum absolute atomic E-state index is 0.0500. The minimum atomic E-state index is -1.16. The van der Waals surface area contributed by atoms with Crippen LogP contribution in [0.1, 0.15) is 30.4 Å². The van der Waals surface area contributed by atoms with Crippen LogP contribution in [0.2, 0.25) is 0 Å². The molecule has 0 spiro atoms. The molecule has 1 aliphatic carbocycles. The van der Waals surface area contributed by atoms with Crippen molar-refractivity contribution < 1.29 is 19.4 Å². The number of hydrogen-bond donors (Lipinski definition) is 1. The Morgan fingerprint density at radius 2 is 2.21 bits per heavy atom. The monoisotopic (exact) mass is 326 g/mol. The van der Waals surface area contributed by atoms with Gasteiger partial charge in [-0.3, -0.25) is 9.59 Å². The minimum Gasteiger partial charge on any atom is -0.469 e. The van der Waals surface area contributed by atoms with Gasteiger partial charge in [-0.15, -0.1) is 0 Å². The number of methoxy groups -OCH3 is 1. The predicted molar refractivity (Wildman–Crippen MR) is 72.6 cm³/mol. The predicted octanol–water partition coefficient (Wildman–Crippen LogP) is 2.11. The summed E-state index contributed by atoms with van der Waals surface area (Å²) in [6.07, 6.45) is 0.907. The molecule has 19 heavy (non-hydrogen) atoms. The molecule has 0 saturated carbocycles.